The zero-order valence-electron chi connectivity index (χ0n) is 7.55. The molecule has 0 aliphatic rings. The summed E-state index contributed by atoms with van der Waals surface area (Å²) in [4.78, 5) is 0. The van der Waals surface area contributed by atoms with Crippen LogP contribution < -0.4 is 4.57 Å². The van der Waals surface area contributed by atoms with E-state index in [1.165, 1.54) is 0 Å². The summed E-state index contributed by atoms with van der Waals surface area (Å²) in [5.41, 5.74) is 3.86. The van der Waals surface area contributed by atoms with Crippen molar-refractivity contribution in [2.75, 3.05) is 0 Å². The zero-order chi connectivity index (χ0) is 9.80. The molecule has 0 aliphatic heterocycles. The number of thiazole rings is 1. The molecule has 0 saturated heterocycles. The van der Waals surface area contributed by atoms with Crippen LogP contribution in [0.15, 0.2) is 41.4 Å². The molecule has 2 aromatic rings. The summed E-state index contributed by atoms with van der Waals surface area (Å²) in [6.07, 6.45) is 2.01. The first kappa shape index (κ1) is 8.92. The van der Waals surface area contributed by atoms with Crippen molar-refractivity contribution in [1.82, 2.24) is 0 Å². The Hall–Kier alpha value is -1.66. The minimum atomic E-state index is 0.756. The van der Waals surface area contributed by atoms with Gasteiger partial charge in [-0.15, -0.1) is 0 Å². The molecular formula is C11H9N2S+. The second-order valence-electron chi connectivity index (χ2n) is 2.97. The van der Waals surface area contributed by atoms with Crippen molar-refractivity contribution in [1.29, 1.82) is 5.26 Å². The maximum Gasteiger partial charge on any atom is 0.224 e. The molecular weight excluding hydrogens is 192 g/mol. The van der Waals surface area contributed by atoms with Crippen LogP contribution in [0.25, 0.3) is 0 Å². The van der Waals surface area contributed by atoms with Crippen LogP contribution in [0.4, 0.5) is 0 Å². The highest BCUT2D eigenvalue weighted by Crippen LogP contribution is 2.06. The van der Waals surface area contributed by atoms with E-state index in [-0.39, 0.29) is 0 Å². The molecule has 0 bridgehead atoms. The third kappa shape index (κ3) is 1.81. The highest BCUT2D eigenvalue weighted by Gasteiger charge is 2.06. The van der Waals surface area contributed by atoms with Crippen LogP contribution in [0, 0.1) is 11.3 Å². The van der Waals surface area contributed by atoms with Crippen LogP contribution in [0.1, 0.15) is 11.1 Å². The molecule has 0 aliphatic carbocycles. The van der Waals surface area contributed by atoms with Crippen LogP contribution in [0.2, 0.25) is 0 Å². The van der Waals surface area contributed by atoms with E-state index in [0.29, 0.717) is 0 Å². The highest BCUT2D eigenvalue weighted by atomic mass is 32.1. The van der Waals surface area contributed by atoms with E-state index < -0.39 is 0 Å². The zero-order valence-corrected chi connectivity index (χ0v) is 8.37. The van der Waals surface area contributed by atoms with Gasteiger partial charge in [-0.25, -0.2) is 0 Å². The quantitative estimate of drug-likeness (QED) is 0.682. The Bertz CT molecular complexity index is 454. The van der Waals surface area contributed by atoms with E-state index in [4.69, 9.17) is 5.26 Å². The van der Waals surface area contributed by atoms with Gasteiger partial charge in [-0.3, -0.25) is 0 Å². The largest absolute Gasteiger partial charge is 0.224 e. The summed E-state index contributed by atoms with van der Waals surface area (Å²) >= 11 is 1.65. The molecule has 1 aromatic carbocycles. The molecule has 0 fully saturated rings. The normalized spacial score (nSPS) is 9.64. The average Bonchev–Trinajstić information content (AvgIpc) is 2.71. The molecule has 0 unspecified atom stereocenters. The predicted molar refractivity (Wildman–Crippen MR) is 54.8 cm³/mol. The molecule has 0 spiro atoms. The Morgan fingerprint density at radius 2 is 2.21 bits per heavy atom. The fourth-order valence-corrected chi connectivity index (χ4v) is 1.91. The van der Waals surface area contributed by atoms with Gasteiger partial charge in [-0.05, 0) is 6.07 Å². The van der Waals surface area contributed by atoms with Crippen molar-refractivity contribution in [3.05, 3.63) is 52.5 Å². The molecule has 68 valence electrons. The number of hydrogen-bond acceptors (Lipinski definition) is 2. The number of rotatable bonds is 2. The summed E-state index contributed by atoms with van der Waals surface area (Å²) in [5.74, 6) is 0. The van der Waals surface area contributed by atoms with Gasteiger partial charge in [0.25, 0.3) is 0 Å². The van der Waals surface area contributed by atoms with E-state index in [1.54, 1.807) is 11.3 Å². The Kier molecular flexibility index (Phi) is 2.57. The van der Waals surface area contributed by atoms with Crippen LogP contribution in [-0.2, 0) is 6.54 Å². The lowest BCUT2D eigenvalue weighted by molar-refractivity contribution is -0.683. The van der Waals surface area contributed by atoms with Crippen molar-refractivity contribution >= 4 is 11.3 Å². The first-order valence-electron chi connectivity index (χ1n) is 4.29. The molecule has 0 saturated carbocycles. The average molecular weight is 201 g/mol. The van der Waals surface area contributed by atoms with Crippen LogP contribution in [-0.4, -0.2) is 0 Å². The maximum absolute atomic E-state index is 8.89. The minimum absolute atomic E-state index is 0.756. The van der Waals surface area contributed by atoms with E-state index in [1.807, 2.05) is 41.4 Å². The third-order valence-electron chi connectivity index (χ3n) is 2.02. The monoisotopic (exact) mass is 201 g/mol. The van der Waals surface area contributed by atoms with Gasteiger partial charge in [-0.2, -0.15) is 9.83 Å². The minimum Gasteiger partial charge on any atom is -0.192 e. The Morgan fingerprint density at radius 3 is 2.93 bits per heavy atom. The van der Waals surface area contributed by atoms with Gasteiger partial charge >= 0.3 is 0 Å². The molecule has 1 aromatic heterocycles. The summed E-state index contributed by atoms with van der Waals surface area (Å²) in [7, 11) is 0. The second kappa shape index (κ2) is 4.03. The first-order valence-corrected chi connectivity index (χ1v) is 5.23. The van der Waals surface area contributed by atoms with Gasteiger partial charge in [0.1, 0.15) is 0 Å². The topological polar surface area (TPSA) is 27.7 Å². The molecule has 0 radical (unpaired) electrons. The molecule has 2 rings (SSSR count). The SMILES string of the molecule is N#Cc1ccccc1C[n+]1ccsc1. The Balaban J connectivity index is 2.30. The van der Waals surface area contributed by atoms with E-state index >= 15 is 0 Å². The fraction of sp³-hybridized carbons (Fsp3) is 0.0909. The summed E-state index contributed by atoms with van der Waals surface area (Å²) in [6.45, 7) is 0.771. The Labute approximate surface area is 86.7 Å². The molecule has 0 amide bonds. The number of nitriles is 1. The number of benzene rings is 1. The standard InChI is InChI=1S/C11H9N2S/c12-7-10-3-1-2-4-11(10)8-13-5-6-14-9-13/h1-6,9H,8H2/q+1. The first-order chi connectivity index (χ1) is 6.90. The summed E-state index contributed by atoms with van der Waals surface area (Å²) in [6, 6.07) is 9.89. The molecule has 3 heteroatoms. The summed E-state index contributed by atoms with van der Waals surface area (Å²) in [5, 5.41) is 10.9. The molecule has 1 heterocycles. The van der Waals surface area contributed by atoms with Crippen molar-refractivity contribution in [3.63, 3.8) is 0 Å². The highest BCUT2D eigenvalue weighted by molar-refractivity contribution is 7.07. The van der Waals surface area contributed by atoms with Crippen LogP contribution >= 0.6 is 11.3 Å². The molecule has 14 heavy (non-hydrogen) atoms. The van der Waals surface area contributed by atoms with Gasteiger partial charge in [-0.1, -0.05) is 29.5 Å². The second-order valence-corrected chi connectivity index (χ2v) is 3.72. The lowest BCUT2D eigenvalue weighted by atomic mass is 10.1. The maximum atomic E-state index is 8.89. The number of hydrogen-bond donors (Lipinski definition) is 0. The third-order valence-corrected chi connectivity index (χ3v) is 2.69. The van der Waals surface area contributed by atoms with Crippen LogP contribution in [0.5, 0.6) is 0 Å². The van der Waals surface area contributed by atoms with E-state index in [2.05, 4.69) is 10.6 Å². The Morgan fingerprint density at radius 1 is 1.36 bits per heavy atom. The summed E-state index contributed by atoms with van der Waals surface area (Å²) < 4.78 is 2.07. The molecule has 2 nitrogen and oxygen atoms in total. The smallest absolute Gasteiger partial charge is 0.192 e. The van der Waals surface area contributed by atoms with Crippen LogP contribution in [0.3, 0.4) is 0 Å². The van der Waals surface area contributed by atoms with Crippen molar-refractivity contribution < 1.29 is 4.57 Å². The van der Waals surface area contributed by atoms with E-state index in [9.17, 15) is 0 Å². The van der Waals surface area contributed by atoms with Gasteiger partial charge in [0.15, 0.2) is 12.7 Å². The van der Waals surface area contributed by atoms with Gasteiger partial charge < -0.3 is 0 Å². The lowest BCUT2D eigenvalue weighted by Crippen LogP contribution is -2.30. The predicted octanol–water partition coefficient (Wildman–Crippen LogP) is 1.96. The number of nitrogens with zero attached hydrogens (tertiary/aromatic N) is 2. The fourth-order valence-electron chi connectivity index (χ4n) is 1.32. The lowest BCUT2D eigenvalue weighted by Gasteiger charge is -1.97. The molecule has 0 N–H and O–H groups in total. The van der Waals surface area contributed by atoms with E-state index in [0.717, 1.165) is 17.7 Å². The van der Waals surface area contributed by atoms with Crippen molar-refractivity contribution in [2.24, 2.45) is 0 Å². The molecule has 0 atom stereocenters. The van der Waals surface area contributed by atoms with Gasteiger partial charge in [0.05, 0.1) is 17.0 Å². The van der Waals surface area contributed by atoms with Gasteiger partial charge in [0.2, 0.25) is 5.51 Å². The van der Waals surface area contributed by atoms with Crippen molar-refractivity contribution in [2.45, 2.75) is 6.54 Å². The van der Waals surface area contributed by atoms with Crippen molar-refractivity contribution in [3.8, 4) is 6.07 Å². The van der Waals surface area contributed by atoms with Gasteiger partial charge in [0, 0.05) is 5.56 Å². The number of aromatic nitrogens is 1.